The topological polar surface area (TPSA) is 9.23 Å². The second-order valence-electron chi connectivity index (χ2n) is 2.93. The maximum Gasteiger partial charge on any atom is 0.391 e. The first-order valence-electron chi connectivity index (χ1n) is 3.80. The minimum absolute atomic E-state index is 0.0991. The van der Waals surface area contributed by atoms with Gasteiger partial charge in [-0.1, -0.05) is 0 Å². The van der Waals surface area contributed by atoms with Crippen LogP contribution in [0.1, 0.15) is 19.3 Å². The van der Waals surface area contributed by atoms with Crippen molar-refractivity contribution in [3.63, 3.8) is 0 Å². The molecule has 0 N–H and O–H groups in total. The summed E-state index contributed by atoms with van der Waals surface area (Å²) in [6.45, 7) is 0.0991. The number of ether oxygens (including phenoxy) is 1. The molecule has 2 unspecified atom stereocenters. The van der Waals surface area contributed by atoms with Gasteiger partial charge in [-0.3, -0.25) is 0 Å². The van der Waals surface area contributed by atoms with Crippen molar-refractivity contribution >= 4 is 0 Å². The van der Waals surface area contributed by atoms with Crippen LogP contribution in [0.25, 0.3) is 0 Å². The van der Waals surface area contributed by atoms with Gasteiger partial charge in [-0.15, -0.1) is 0 Å². The summed E-state index contributed by atoms with van der Waals surface area (Å²) >= 11 is 0. The van der Waals surface area contributed by atoms with Gasteiger partial charge in [0.1, 0.15) is 6.17 Å². The van der Waals surface area contributed by atoms with E-state index in [4.69, 9.17) is 4.74 Å². The molecule has 1 saturated heterocycles. The number of alkyl halides is 4. The Hall–Kier alpha value is -0.320. The molecule has 5 heteroatoms. The van der Waals surface area contributed by atoms with Crippen molar-refractivity contribution in [1.82, 2.24) is 0 Å². The first-order valence-corrected chi connectivity index (χ1v) is 3.80. The van der Waals surface area contributed by atoms with Crippen molar-refractivity contribution in [2.75, 3.05) is 6.61 Å². The van der Waals surface area contributed by atoms with Crippen LogP contribution >= 0.6 is 0 Å². The van der Waals surface area contributed by atoms with Crippen LogP contribution in [0, 0.1) is 0 Å². The Bertz CT molecular complexity index is 145. The SMILES string of the molecule is FC1CCOC(CC(F)(F)F)C1. The molecule has 1 aliphatic rings. The Labute approximate surface area is 67.7 Å². The van der Waals surface area contributed by atoms with Crippen LogP contribution in [-0.2, 0) is 4.74 Å². The maximum atomic E-state index is 12.6. The predicted octanol–water partition coefficient (Wildman–Crippen LogP) is 2.46. The quantitative estimate of drug-likeness (QED) is 0.571. The van der Waals surface area contributed by atoms with Crippen molar-refractivity contribution in [2.45, 2.75) is 37.7 Å². The van der Waals surface area contributed by atoms with Gasteiger partial charge >= 0.3 is 6.18 Å². The van der Waals surface area contributed by atoms with Crippen LogP contribution in [0.3, 0.4) is 0 Å². The van der Waals surface area contributed by atoms with Crippen LogP contribution in [0.15, 0.2) is 0 Å². The van der Waals surface area contributed by atoms with Gasteiger partial charge < -0.3 is 4.74 Å². The highest BCUT2D eigenvalue weighted by Gasteiger charge is 2.35. The van der Waals surface area contributed by atoms with Crippen molar-refractivity contribution < 1.29 is 22.3 Å². The Balaban J connectivity index is 2.32. The lowest BCUT2D eigenvalue weighted by atomic mass is 10.0. The van der Waals surface area contributed by atoms with Crippen LogP contribution < -0.4 is 0 Å². The zero-order valence-electron chi connectivity index (χ0n) is 6.40. The van der Waals surface area contributed by atoms with Gasteiger partial charge in [0.05, 0.1) is 12.5 Å². The van der Waals surface area contributed by atoms with E-state index in [0.29, 0.717) is 0 Å². The maximum absolute atomic E-state index is 12.6. The highest BCUT2D eigenvalue weighted by atomic mass is 19.4. The van der Waals surface area contributed by atoms with Gasteiger partial charge in [-0.05, 0) is 0 Å². The number of rotatable bonds is 1. The summed E-state index contributed by atoms with van der Waals surface area (Å²) in [5, 5.41) is 0. The smallest absolute Gasteiger partial charge is 0.378 e. The van der Waals surface area contributed by atoms with E-state index in [9.17, 15) is 17.6 Å². The standard InChI is InChI=1S/C7H10F4O/c8-5-1-2-12-6(3-5)4-7(9,10)11/h5-6H,1-4H2. The third-order valence-corrected chi connectivity index (χ3v) is 1.76. The van der Waals surface area contributed by atoms with Gasteiger partial charge in [0.2, 0.25) is 0 Å². The van der Waals surface area contributed by atoms with Crippen LogP contribution in [0.5, 0.6) is 0 Å². The van der Waals surface area contributed by atoms with Crippen LogP contribution in [0.2, 0.25) is 0 Å². The Morgan fingerprint density at radius 2 is 2.00 bits per heavy atom. The minimum Gasteiger partial charge on any atom is -0.378 e. The molecule has 1 nitrogen and oxygen atoms in total. The average Bonchev–Trinajstić information content (AvgIpc) is 1.82. The molecule has 0 aromatic rings. The summed E-state index contributed by atoms with van der Waals surface area (Å²) in [4.78, 5) is 0. The number of hydrogen-bond donors (Lipinski definition) is 0. The summed E-state index contributed by atoms with van der Waals surface area (Å²) in [7, 11) is 0. The van der Waals surface area contributed by atoms with Crippen molar-refractivity contribution in [3.8, 4) is 0 Å². The fraction of sp³-hybridized carbons (Fsp3) is 1.00. The summed E-state index contributed by atoms with van der Waals surface area (Å²) in [5.74, 6) is 0. The molecule has 72 valence electrons. The zero-order valence-corrected chi connectivity index (χ0v) is 6.40. The molecule has 2 atom stereocenters. The van der Waals surface area contributed by atoms with E-state index in [-0.39, 0.29) is 19.4 Å². The Kier molecular flexibility index (Phi) is 2.93. The van der Waals surface area contributed by atoms with E-state index in [1.807, 2.05) is 0 Å². The normalized spacial score (nSPS) is 32.0. The lowest BCUT2D eigenvalue weighted by Crippen LogP contribution is -2.30. The molecule has 0 aromatic heterocycles. The van der Waals surface area contributed by atoms with Gasteiger partial charge in [0.25, 0.3) is 0 Å². The summed E-state index contributed by atoms with van der Waals surface area (Å²) < 4.78 is 52.6. The van der Waals surface area contributed by atoms with Gasteiger partial charge in [0.15, 0.2) is 0 Å². The fourth-order valence-corrected chi connectivity index (χ4v) is 1.23. The fourth-order valence-electron chi connectivity index (χ4n) is 1.23. The van der Waals surface area contributed by atoms with E-state index in [1.54, 1.807) is 0 Å². The molecule has 0 aliphatic carbocycles. The second kappa shape index (κ2) is 3.60. The monoisotopic (exact) mass is 186 g/mol. The van der Waals surface area contributed by atoms with Crippen molar-refractivity contribution in [1.29, 1.82) is 0 Å². The van der Waals surface area contributed by atoms with E-state index < -0.39 is 24.9 Å². The molecule has 0 bridgehead atoms. The van der Waals surface area contributed by atoms with Crippen LogP contribution in [0.4, 0.5) is 17.6 Å². The first-order chi connectivity index (χ1) is 5.47. The van der Waals surface area contributed by atoms with Crippen molar-refractivity contribution in [3.05, 3.63) is 0 Å². The van der Waals surface area contributed by atoms with E-state index in [1.165, 1.54) is 0 Å². The summed E-state index contributed by atoms with van der Waals surface area (Å²) in [6.07, 6.45) is -7.30. The summed E-state index contributed by atoms with van der Waals surface area (Å²) in [6, 6.07) is 0. The van der Waals surface area contributed by atoms with E-state index >= 15 is 0 Å². The highest BCUT2D eigenvalue weighted by molar-refractivity contribution is 4.73. The lowest BCUT2D eigenvalue weighted by Gasteiger charge is -2.25. The Morgan fingerprint density at radius 3 is 2.50 bits per heavy atom. The molecule has 0 radical (unpaired) electrons. The number of halogens is 4. The minimum atomic E-state index is -4.25. The molecule has 0 spiro atoms. The molecule has 1 rings (SSSR count). The molecule has 0 aromatic carbocycles. The highest BCUT2D eigenvalue weighted by Crippen LogP contribution is 2.28. The van der Waals surface area contributed by atoms with Crippen LogP contribution in [-0.4, -0.2) is 25.1 Å². The van der Waals surface area contributed by atoms with Gasteiger partial charge in [-0.25, -0.2) is 4.39 Å². The molecule has 12 heavy (non-hydrogen) atoms. The van der Waals surface area contributed by atoms with Gasteiger partial charge in [0, 0.05) is 19.4 Å². The van der Waals surface area contributed by atoms with Crippen molar-refractivity contribution in [2.24, 2.45) is 0 Å². The Morgan fingerprint density at radius 1 is 1.33 bits per heavy atom. The van der Waals surface area contributed by atoms with E-state index in [0.717, 1.165) is 0 Å². The lowest BCUT2D eigenvalue weighted by molar-refractivity contribution is -0.169. The largest absolute Gasteiger partial charge is 0.391 e. The molecule has 1 fully saturated rings. The zero-order chi connectivity index (χ0) is 9.19. The molecule has 0 saturated carbocycles. The van der Waals surface area contributed by atoms with Gasteiger partial charge in [-0.2, -0.15) is 13.2 Å². The average molecular weight is 186 g/mol. The molecule has 1 aliphatic heterocycles. The van der Waals surface area contributed by atoms with E-state index in [2.05, 4.69) is 0 Å². The predicted molar refractivity (Wildman–Crippen MR) is 34.5 cm³/mol. The molecular weight excluding hydrogens is 176 g/mol. The third-order valence-electron chi connectivity index (χ3n) is 1.76. The third kappa shape index (κ3) is 3.38. The molecule has 0 amide bonds. The molecule has 1 heterocycles. The summed E-state index contributed by atoms with van der Waals surface area (Å²) in [5.41, 5.74) is 0. The first kappa shape index (κ1) is 9.77. The molecular formula is C7H10F4O. The number of hydrogen-bond acceptors (Lipinski definition) is 1. The second-order valence-corrected chi connectivity index (χ2v) is 2.93.